The van der Waals surface area contributed by atoms with Crippen LogP contribution in [0.4, 0.5) is 0 Å². The maximum absolute atomic E-state index is 11.3. The van der Waals surface area contributed by atoms with Gasteiger partial charge in [0.1, 0.15) is 0 Å². The molecule has 1 fully saturated rings. The molecule has 0 atom stereocenters. The van der Waals surface area contributed by atoms with Crippen LogP contribution in [0.1, 0.15) is 58.3 Å². The van der Waals surface area contributed by atoms with Crippen molar-refractivity contribution < 1.29 is 9.53 Å². The van der Waals surface area contributed by atoms with E-state index in [-0.39, 0.29) is 5.97 Å². The van der Waals surface area contributed by atoms with Gasteiger partial charge in [-0.25, -0.2) is 0 Å². The molecular weight excluding hydrogens is 200 g/mol. The number of carbonyl (C=O) groups is 1. The molecule has 0 heterocycles. The Morgan fingerprint density at radius 1 is 1.31 bits per heavy atom. The van der Waals surface area contributed by atoms with Crippen LogP contribution in [-0.4, -0.2) is 12.6 Å². The molecule has 2 nitrogen and oxygen atoms in total. The number of hydrogen-bond acceptors (Lipinski definition) is 2. The van der Waals surface area contributed by atoms with Crippen LogP contribution in [0.3, 0.4) is 0 Å². The average Bonchev–Trinajstić information content (AvgIpc) is 2.31. The highest BCUT2D eigenvalue weighted by molar-refractivity contribution is 5.71. The fraction of sp³-hybridized carbons (Fsp3) is 0.786. The van der Waals surface area contributed by atoms with Gasteiger partial charge in [0.2, 0.25) is 0 Å². The minimum Gasteiger partial charge on any atom is -0.465 e. The van der Waals surface area contributed by atoms with Crippen molar-refractivity contribution in [2.24, 2.45) is 5.92 Å². The second-order valence-corrected chi connectivity index (χ2v) is 4.60. The van der Waals surface area contributed by atoms with E-state index in [4.69, 9.17) is 4.74 Å². The van der Waals surface area contributed by atoms with Gasteiger partial charge in [-0.05, 0) is 25.2 Å². The summed E-state index contributed by atoms with van der Waals surface area (Å²) in [5.74, 6) is 0.623. The highest BCUT2D eigenvalue weighted by atomic mass is 16.5. The number of allylic oxidation sites excluding steroid dienone is 1. The molecule has 0 saturated heterocycles. The van der Waals surface area contributed by atoms with Crippen LogP contribution in [0.15, 0.2) is 12.2 Å². The van der Waals surface area contributed by atoms with Gasteiger partial charge in [-0.3, -0.25) is 4.79 Å². The molecule has 1 aliphatic carbocycles. The lowest BCUT2D eigenvalue weighted by Gasteiger charge is -2.17. The van der Waals surface area contributed by atoms with Crippen LogP contribution in [-0.2, 0) is 9.53 Å². The van der Waals surface area contributed by atoms with Crippen LogP contribution >= 0.6 is 0 Å². The standard InChI is InChI=1S/C14H24O2/c1-2-3-12-16-14(15)11-7-10-13-8-5-4-6-9-13/h7,10,13H,2-6,8-9,11-12H2,1H3/b10-7+. The minimum absolute atomic E-state index is 0.0829. The summed E-state index contributed by atoms with van der Waals surface area (Å²) < 4.78 is 5.08. The van der Waals surface area contributed by atoms with Crippen molar-refractivity contribution in [3.63, 3.8) is 0 Å². The minimum atomic E-state index is -0.0829. The lowest BCUT2D eigenvalue weighted by atomic mass is 9.89. The van der Waals surface area contributed by atoms with Crippen LogP contribution in [0.5, 0.6) is 0 Å². The van der Waals surface area contributed by atoms with Crippen LogP contribution in [0, 0.1) is 5.92 Å². The van der Waals surface area contributed by atoms with Crippen LogP contribution in [0.25, 0.3) is 0 Å². The van der Waals surface area contributed by atoms with Crippen molar-refractivity contribution in [3.8, 4) is 0 Å². The van der Waals surface area contributed by atoms with Gasteiger partial charge in [-0.15, -0.1) is 0 Å². The van der Waals surface area contributed by atoms with Gasteiger partial charge in [0.15, 0.2) is 0 Å². The first-order valence-electron chi connectivity index (χ1n) is 6.65. The molecule has 1 saturated carbocycles. The van der Waals surface area contributed by atoms with Crippen molar-refractivity contribution in [3.05, 3.63) is 12.2 Å². The number of esters is 1. The van der Waals surface area contributed by atoms with Crippen LogP contribution < -0.4 is 0 Å². The highest BCUT2D eigenvalue weighted by Gasteiger charge is 2.09. The Morgan fingerprint density at radius 3 is 2.75 bits per heavy atom. The maximum atomic E-state index is 11.3. The predicted molar refractivity (Wildman–Crippen MR) is 66.2 cm³/mol. The van der Waals surface area contributed by atoms with Gasteiger partial charge in [0.05, 0.1) is 13.0 Å². The van der Waals surface area contributed by atoms with Crippen molar-refractivity contribution in [2.45, 2.75) is 58.3 Å². The summed E-state index contributed by atoms with van der Waals surface area (Å²) in [6, 6.07) is 0. The van der Waals surface area contributed by atoms with E-state index >= 15 is 0 Å². The quantitative estimate of drug-likeness (QED) is 0.389. The second kappa shape index (κ2) is 8.37. The zero-order chi connectivity index (χ0) is 11.6. The Morgan fingerprint density at radius 2 is 2.06 bits per heavy atom. The Balaban J connectivity index is 2.07. The molecular formula is C14H24O2. The zero-order valence-corrected chi connectivity index (χ0v) is 10.4. The van der Waals surface area contributed by atoms with E-state index in [9.17, 15) is 4.79 Å². The molecule has 0 amide bonds. The first-order chi connectivity index (χ1) is 7.83. The molecule has 0 aliphatic heterocycles. The fourth-order valence-electron chi connectivity index (χ4n) is 2.07. The molecule has 1 aliphatic rings. The molecule has 0 aromatic heterocycles. The van der Waals surface area contributed by atoms with E-state index in [1.54, 1.807) is 0 Å². The Kier molecular flexibility index (Phi) is 6.95. The molecule has 0 bridgehead atoms. The maximum Gasteiger partial charge on any atom is 0.309 e. The van der Waals surface area contributed by atoms with E-state index in [1.165, 1.54) is 32.1 Å². The lowest BCUT2D eigenvalue weighted by Crippen LogP contribution is -2.05. The highest BCUT2D eigenvalue weighted by Crippen LogP contribution is 2.24. The van der Waals surface area contributed by atoms with E-state index in [0.29, 0.717) is 18.9 Å². The summed E-state index contributed by atoms with van der Waals surface area (Å²) in [6.45, 7) is 2.67. The molecule has 0 unspecified atom stereocenters. The molecule has 0 aromatic rings. The van der Waals surface area contributed by atoms with Gasteiger partial charge >= 0.3 is 5.97 Å². The SMILES string of the molecule is CCCCOC(=O)C/C=C/C1CCCCC1. The molecule has 0 radical (unpaired) electrons. The zero-order valence-electron chi connectivity index (χ0n) is 10.4. The van der Waals surface area contributed by atoms with Crippen molar-refractivity contribution in [1.29, 1.82) is 0 Å². The van der Waals surface area contributed by atoms with Gasteiger partial charge < -0.3 is 4.74 Å². The van der Waals surface area contributed by atoms with E-state index < -0.39 is 0 Å². The molecule has 0 spiro atoms. The largest absolute Gasteiger partial charge is 0.465 e. The molecule has 2 heteroatoms. The van der Waals surface area contributed by atoms with Crippen LogP contribution in [0.2, 0.25) is 0 Å². The van der Waals surface area contributed by atoms with Crippen molar-refractivity contribution in [2.75, 3.05) is 6.61 Å². The van der Waals surface area contributed by atoms with Gasteiger partial charge in [-0.1, -0.05) is 44.8 Å². The number of hydrogen-bond donors (Lipinski definition) is 0. The monoisotopic (exact) mass is 224 g/mol. The number of carbonyl (C=O) groups excluding carboxylic acids is 1. The van der Waals surface area contributed by atoms with E-state index in [2.05, 4.69) is 13.0 Å². The first-order valence-corrected chi connectivity index (χ1v) is 6.65. The summed E-state index contributed by atoms with van der Waals surface area (Å²) in [5, 5.41) is 0. The van der Waals surface area contributed by atoms with Crippen molar-refractivity contribution in [1.82, 2.24) is 0 Å². The summed E-state index contributed by atoms with van der Waals surface area (Å²) in [4.78, 5) is 11.3. The van der Waals surface area contributed by atoms with E-state index in [1.807, 2.05) is 6.08 Å². The molecule has 92 valence electrons. The number of unbranched alkanes of at least 4 members (excludes halogenated alkanes) is 1. The second-order valence-electron chi connectivity index (χ2n) is 4.60. The topological polar surface area (TPSA) is 26.3 Å². The normalized spacial score (nSPS) is 17.8. The van der Waals surface area contributed by atoms with Gasteiger partial charge in [0, 0.05) is 0 Å². The van der Waals surface area contributed by atoms with Crippen molar-refractivity contribution >= 4 is 5.97 Å². The molecule has 0 aromatic carbocycles. The predicted octanol–water partition coefficient (Wildman–Crippen LogP) is 3.86. The Hall–Kier alpha value is -0.790. The first kappa shape index (κ1) is 13.3. The Labute approximate surface area is 99.1 Å². The molecule has 0 N–H and O–H groups in total. The summed E-state index contributed by atoms with van der Waals surface area (Å²) in [7, 11) is 0. The molecule has 16 heavy (non-hydrogen) atoms. The third kappa shape index (κ3) is 5.94. The third-order valence-electron chi connectivity index (χ3n) is 3.10. The molecule has 1 rings (SSSR count). The average molecular weight is 224 g/mol. The number of rotatable bonds is 6. The summed E-state index contributed by atoms with van der Waals surface area (Å²) >= 11 is 0. The smallest absolute Gasteiger partial charge is 0.309 e. The van der Waals surface area contributed by atoms with Gasteiger partial charge in [-0.2, -0.15) is 0 Å². The third-order valence-corrected chi connectivity index (χ3v) is 3.10. The summed E-state index contributed by atoms with van der Waals surface area (Å²) in [5.41, 5.74) is 0. The number of ether oxygens (including phenoxy) is 1. The Bertz CT molecular complexity index is 215. The van der Waals surface area contributed by atoms with Gasteiger partial charge in [0.25, 0.3) is 0 Å². The fourth-order valence-corrected chi connectivity index (χ4v) is 2.07. The van der Waals surface area contributed by atoms with E-state index in [0.717, 1.165) is 12.8 Å². The lowest BCUT2D eigenvalue weighted by molar-refractivity contribution is -0.142. The summed E-state index contributed by atoms with van der Waals surface area (Å²) in [6.07, 6.45) is 13.3.